The van der Waals surface area contributed by atoms with E-state index in [2.05, 4.69) is 0 Å². The first-order valence-electron chi connectivity index (χ1n) is 4.00. The van der Waals surface area contributed by atoms with Crippen LogP contribution < -0.4 is 4.74 Å². The Bertz CT molecular complexity index is 330. The Hall–Kier alpha value is -1.56. The van der Waals surface area contributed by atoms with Crippen molar-refractivity contribution in [3.05, 3.63) is 29.6 Å². The monoisotopic (exact) mass is 179 g/mol. The molecule has 0 amide bonds. The van der Waals surface area contributed by atoms with Crippen LogP contribution in [0.15, 0.2) is 18.2 Å². The molecule has 0 aliphatic rings. The number of nitriles is 1. The van der Waals surface area contributed by atoms with Crippen LogP contribution in [0, 0.1) is 24.1 Å². The van der Waals surface area contributed by atoms with Gasteiger partial charge in [-0.3, -0.25) is 0 Å². The number of rotatable bonds is 3. The van der Waals surface area contributed by atoms with Gasteiger partial charge in [0.2, 0.25) is 0 Å². The zero-order chi connectivity index (χ0) is 9.68. The topological polar surface area (TPSA) is 33.0 Å². The predicted molar refractivity (Wildman–Crippen MR) is 46.9 cm³/mol. The molecular weight excluding hydrogens is 169 g/mol. The molecule has 1 aromatic carbocycles. The van der Waals surface area contributed by atoms with E-state index in [1.165, 1.54) is 6.07 Å². The fourth-order valence-corrected chi connectivity index (χ4v) is 0.878. The molecule has 0 spiro atoms. The largest absolute Gasteiger partial charge is 0.492 e. The number of aryl methyl sites for hydroxylation is 1. The number of ether oxygens (including phenoxy) is 1. The molecule has 2 nitrogen and oxygen atoms in total. The molecule has 0 saturated heterocycles. The van der Waals surface area contributed by atoms with Crippen LogP contribution in [0.25, 0.3) is 0 Å². The predicted octanol–water partition coefficient (Wildman–Crippen LogP) is 2.43. The standard InChI is InChI=1S/C10H10FNO/c1-8-3-4-9(7-10(8)11)13-6-2-5-12/h3-4,7H,2,6H2,1H3. The van der Waals surface area contributed by atoms with E-state index in [1.54, 1.807) is 19.1 Å². The Balaban J connectivity index is 2.59. The van der Waals surface area contributed by atoms with Crippen LogP contribution in [0.3, 0.4) is 0 Å². The van der Waals surface area contributed by atoms with E-state index >= 15 is 0 Å². The van der Waals surface area contributed by atoms with E-state index in [-0.39, 0.29) is 5.82 Å². The second-order valence-corrected chi connectivity index (χ2v) is 2.67. The van der Waals surface area contributed by atoms with Gasteiger partial charge in [-0.05, 0) is 18.6 Å². The molecule has 68 valence electrons. The zero-order valence-corrected chi connectivity index (χ0v) is 7.38. The second kappa shape index (κ2) is 4.46. The van der Waals surface area contributed by atoms with Crippen molar-refractivity contribution in [2.75, 3.05) is 6.61 Å². The van der Waals surface area contributed by atoms with Gasteiger partial charge in [-0.25, -0.2) is 4.39 Å². The summed E-state index contributed by atoms with van der Waals surface area (Å²) in [7, 11) is 0. The highest BCUT2D eigenvalue weighted by molar-refractivity contribution is 5.27. The third-order valence-corrected chi connectivity index (χ3v) is 1.63. The Kier molecular flexibility index (Phi) is 3.27. The maximum absolute atomic E-state index is 12.9. The molecule has 0 aliphatic heterocycles. The molecule has 0 aliphatic carbocycles. The average Bonchev–Trinajstić information content (AvgIpc) is 2.12. The lowest BCUT2D eigenvalue weighted by Crippen LogP contribution is -1.96. The third-order valence-electron chi connectivity index (χ3n) is 1.63. The first-order valence-corrected chi connectivity index (χ1v) is 4.00. The van der Waals surface area contributed by atoms with Crippen molar-refractivity contribution in [3.63, 3.8) is 0 Å². The van der Waals surface area contributed by atoms with Gasteiger partial charge in [-0.2, -0.15) is 5.26 Å². The Morgan fingerprint density at radius 1 is 1.54 bits per heavy atom. The Labute approximate surface area is 76.6 Å². The van der Waals surface area contributed by atoms with Crippen molar-refractivity contribution in [3.8, 4) is 11.8 Å². The summed E-state index contributed by atoms with van der Waals surface area (Å²) in [5.41, 5.74) is 0.590. The maximum atomic E-state index is 12.9. The van der Waals surface area contributed by atoms with Crippen molar-refractivity contribution in [1.82, 2.24) is 0 Å². The smallest absolute Gasteiger partial charge is 0.129 e. The first kappa shape index (κ1) is 9.53. The quantitative estimate of drug-likeness (QED) is 0.667. The van der Waals surface area contributed by atoms with Crippen LogP contribution in [0.4, 0.5) is 4.39 Å². The van der Waals surface area contributed by atoms with Gasteiger partial charge in [-0.15, -0.1) is 0 Å². The lowest BCUT2D eigenvalue weighted by molar-refractivity contribution is 0.324. The molecule has 1 rings (SSSR count). The molecule has 13 heavy (non-hydrogen) atoms. The summed E-state index contributed by atoms with van der Waals surface area (Å²) in [4.78, 5) is 0. The van der Waals surface area contributed by atoms with Crippen molar-refractivity contribution in [2.45, 2.75) is 13.3 Å². The first-order chi connectivity index (χ1) is 6.24. The van der Waals surface area contributed by atoms with Gasteiger partial charge in [0.1, 0.15) is 18.2 Å². The van der Waals surface area contributed by atoms with Gasteiger partial charge in [-0.1, -0.05) is 6.07 Å². The Morgan fingerprint density at radius 2 is 2.31 bits per heavy atom. The van der Waals surface area contributed by atoms with Crippen LogP contribution in [0.2, 0.25) is 0 Å². The number of hydrogen-bond donors (Lipinski definition) is 0. The minimum atomic E-state index is -0.283. The summed E-state index contributed by atoms with van der Waals surface area (Å²) in [6.45, 7) is 1.99. The summed E-state index contributed by atoms with van der Waals surface area (Å²) in [6.07, 6.45) is 0.315. The van der Waals surface area contributed by atoms with Crippen molar-refractivity contribution >= 4 is 0 Å². The van der Waals surface area contributed by atoms with Gasteiger partial charge in [0, 0.05) is 6.07 Å². The molecule has 3 heteroatoms. The highest BCUT2D eigenvalue weighted by Crippen LogP contribution is 2.15. The normalized spacial score (nSPS) is 9.31. The number of hydrogen-bond acceptors (Lipinski definition) is 2. The lowest BCUT2D eigenvalue weighted by atomic mass is 10.2. The molecule has 0 heterocycles. The average molecular weight is 179 g/mol. The summed E-state index contributed by atoms with van der Waals surface area (Å²) in [6, 6.07) is 6.61. The van der Waals surface area contributed by atoms with Gasteiger partial charge in [0.05, 0.1) is 12.5 Å². The molecule has 0 saturated carbocycles. The molecule has 0 atom stereocenters. The Morgan fingerprint density at radius 3 is 2.92 bits per heavy atom. The molecule has 0 N–H and O–H groups in total. The lowest BCUT2D eigenvalue weighted by Gasteiger charge is -2.04. The zero-order valence-electron chi connectivity index (χ0n) is 7.38. The molecule has 0 radical (unpaired) electrons. The van der Waals surface area contributed by atoms with Crippen molar-refractivity contribution in [2.24, 2.45) is 0 Å². The number of halogens is 1. The highest BCUT2D eigenvalue weighted by atomic mass is 19.1. The van der Waals surface area contributed by atoms with Crippen LogP contribution in [-0.2, 0) is 0 Å². The van der Waals surface area contributed by atoms with E-state index in [9.17, 15) is 4.39 Å². The van der Waals surface area contributed by atoms with Crippen molar-refractivity contribution < 1.29 is 9.13 Å². The van der Waals surface area contributed by atoms with E-state index in [0.29, 0.717) is 24.3 Å². The molecule has 0 bridgehead atoms. The fraction of sp³-hybridized carbons (Fsp3) is 0.300. The van der Waals surface area contributed by atoms with E-state index in [4.69, 9.17) is 10.00 Å². The minimum absolute atomic E-state index is 0.283. The highest BCUT2D eigenvalue weighted by Gasteiger charge is 1.99. The van der Waals surface area contributed by atoms with E-state index < -0.39 is 0 Å². The van der Waals surface area contributed by atoms with Crippen molar-refractivity contribution in [1.29, 1.82) is 5.26 Å². The molecule has 0 unspecified atom stereocenters. The van der Waals surface area contributed by atoms with Crippen LogP contribution in [0.5, 0.6) is 5.75 Å². The van der Waals surface area contributed by atoms with Gasteiger partial charge < -0.3 is 4.74 Å². The molecular formula is C10H10FNO. The molecule has 1 aromatic rings. The van der Waals surface area contributed by atoms with Crippen LogP contribution >= 0.6 is 0 Å². The van der Waals surface area contributed by atoms with E-state index in [0.717, 1.165) is 0 Å². The number of nitrogens with zero attached hydrogens (tertiary/aromatic N) is 1. The third kappa shape index (κ3) is 2.75. The summed E-state index contributed by atoms with van der Waals surface area (Å²) in [5.74, 6) is 0.188. The molecule has 0 aromatic heterocycles. The van der Waals surface area contributed by atoms with Crippen LogP contribution in [0.1, 0.15) is 12.0 Å². The van der Waals surface area contributed by atoms with Crippen LogP contribution in [-0.4, -0.2) is 6.61 Å². The second-order valence-electron chi connectivity index (χ2n) is 2.67. The number of benzene rings is 1. The van der Waals surface area contributed by atoms with Gasteiger partial charge >= 0.3 is 0 Å². The summed E-state index contributed by atoms with van der Waals surface area (Å²) < 4.78 is 18.1. The SMILES string of the molecule is Cc1ccc(OCCC#N)cc1F. The fourth-order valence-electron chi connectivity index (χ4n) is 0.878. The summed E-state index contributed by atoms with van der Waals surface area (Å²) >= 11 is 0. The van der Waals surface area contributed by atoms with E-state index in [1.807, 2.05) is 6.07 Å². The summed E-state index contributed by atoms with van der Waals surface area (Å²) in [5, 5.41) is 8.24. The van der Waals surface area contributed by atoms with Gasteiger partial charge in [0.25, 0.3) is 0 Å². The minimum Gasteiger partial charge on any atom is -0.492 e. The molecule has 0 fully saturated rings. The van der Waals surface area contributed by atoms with Gasteiger partial charge in [0.15, 0.2) is 0 Å². The maximum Gasteiger partial charge on any atom is 0.129 e.